The van der Waals surface area contributed by atoms with Gasteiger partial charge in [-0.05, 0) is 17.7 Å². The van der Waals surface area contributed by atoms with Crippen molar-refractivity contribution in [1.82, 2.24) is 10.6 Å². The van der Waals surface area contributed by atoms with E-state index in [1.807, 2.05) is 0 Å². The van der Waals surface area contributed by atoms with Crippen LogP contribution in [0.4, 0.5) is 4.39 Å². The van der Waals surface area contributed by atoms with Crippen molar-refractivity contribution in [3.8, 4) is 0 Å². The van der Waals surface area contributed by atoms with Gasteiger partial charge in [0.25, 0.3) is 0 Å². The normalized spacial score (nSPS) is 10.2. The second kappa shape index (κ2) is 6.60. The number of hydrogen-bond donors (Lipinski definition) is 2. The maximum atomic E-state index is 12.8. The number of hydrogen-bond acceptors (Lipinski definition) is 2. The molecule has 16 heavy (non-hydrogen) atoms. The summed E-state index contributed by atoms with van der Waals surface area (Å²) in [5.41, 5.74) is 0.971. The molecule has 1 rings (SSSR count). The molecular weight excluding hydrogens is 275 g/mol. The Morgan fingerprint density at radius 3 is 2.88 bits per heavy atom. The van der Waals surface area contributed by atoms with Crippen LogP contribution in [0, 0.1) is 5.82 Å². The summed E-state index contributed by atoms with van der Waals surface area (Å²) in [6.45, 7) is 1.21. The summed E-state index contributed by atoms with van der Waals surface area (Å²) in [4.78, 5) is 10.9. The molecule has 1 aromatic carbocycles. The number of carbonyl (C=O) groups is 1. The number of benzene rings is 1. The molecule has 0 aromatic heterocycles. The van der Waals surface area contributed by atoms with Crippen LogP contribution in [-0.2, 0) is 11.3 Å². The van der Waals surface area contributed by atoms with E-state index in [4.69, 9.17) is 0 Å². The average Bonchev–Trinajstić information content (AvgIpc) is 2.26. The van der Waals surface area contributed by atoms with Crippen LogP contribution in [0.3, 0.4) is 0 Å². The molecule has 0 saturated carbocycles. The molecule has 0 bridgehead atoms. The van der Waals surface area contributed by atoms with Crippen LogP contribution in [0.2, 0.25) is 0 Å². The highest BCUT2D eigenvalue weighted by Gasteiger charge is 2.01. The fourth-order valence-corrected chi connectivity index (χ4v) is 1.71. The summed E-state index contributed by atoms with van der Waals surface area (Å²) >= 11 is 3.28. The Hall–Kier alpha value is -0.940. The molecular formula is C11H14BrFN2O. The van der Waals surface area contributed by atoms with Crippen LogP contribution >= 0.6 is 15.9 Å². The summed E-state index contributed by atoms with van der Waals surface area (Å²) in [6.07, 6.45) is 0.440. The zero-order valence-electron chi connectivity index (χ0n) is 9.02. The van der Waals surface area contributed by atoms with E-state index in [1.165, 1.54) is 12.1 Å². The molecule has 0 aliphatic heterocycles. The van der Waals surface area contributed by atoms with Crippen LogP contribution in [0.5, 0.6) is 0 Å². The zero-order chi connectivity index (χ0) is 12.0. The quantitative estimate of drug-likeness (QED) is 0.812. The first-order chi connectivity index (χ1) is 7.63. The molecule has 0 unspecified atom stereocenters. The Kier molecular flexibility index (Phi) is 5.42. The summed E-state index contributed by atoms with van der Waals surface area (Å²) in [5.74, 6) is -0.258. The average molecular weight is 289 g/mol. The van der Waals surface area contributed by atoms with Gasteiger partial charge in [0.2, 0.25) is 5.91 Å². The van der Waals surface area contributed by atoms with Gasteiger partial charge in [-0.2, -0.15) is 0 Å². The van der Waals surface area contributed by atoms with Crippen molar-refractivity contribution in [3.05, 3.63) is 34.1 Å². The molecule has 88 valence electrons. The standard InChI is InChI=1S/C11H14BrFN2O/c1-14-11(16)4-5-15-7-8-2-3-9(13)6-10(8)12/h2-3,6,15H,4-5,7H2,1H3,(H,14,16). The van der Waals surface area contributed by atoms with Gasteiger partial charge in [-0.1, -0.05) is 22.0 Å². The van der Waals surface area contributed by atoms with E-state index in [1.54, 1.807) is 13.1 Å². The van der Waals surface area contributed by atoms with E-state index in [9.17, 15) is 9.18 Å². The summed E-state index contributed by atoms with van der Waals surface area (Å²) in [6, 6.07) is 4.56. The van der Waals surface area contributed by atoms with Crippen LogP contribution in [0.1, 0.15) is 12.0 Å². The lowest BCUT2D eigenvalue weighted by Crippen LogP contribution is -2.24. The topological polar surface area (TPSA) is 41.1 Å². The molecule has 0 aliphatic rings. The molecule has 0 fully saturated rings. The summed E-state index contributed by atoms with van der Waals surface area (Å²) in [7, 11) is 1.61. The Morgan fingerprint density at radius 2 is 2.25 bits per heavy atom. The molecule has 0 atom stereocenters. The van der Waals surface area contributed by atoms with Crippen molar-refractivity contribution in [2.45, 2.75) is 13.0 Å². The fraction of sp³-hybridized carbons (Fsp3) is 0.364. The van der Waals surface area contributed by atoms with Crippen molar-refractivity contribution < 1.29 is 9.18 Å². The number of halogens is 2. The minimum atomic E-state index is -0.263. The maximum absolute atomic E-state index is 12.8. The molecule has 1 aromatic rings. The second-order valence-corrected chi connectivity index (χ2v) is 4.19. The lowest BCUT2D eigenvalue weighted by Gasteiger charge is -2.06. The first-order valence-corrected chi connectivity index (χ1v) is 5.78. The molecule has 0 aliphatic carbocycles. The van der Waals surface area contributed by atoms with Gasteiger partial charge in [0.1, 0.15) is 5.82 Å². The van der Waals surface area contributed by atoms with E-state index < -0.39 is 0 Å². The van der Waals surface area contributed by atoms with Crippen LogP contribution < -0.4 is 10.6 Å². The largest absolute Gasteiger partial charge is 0.359 e. The molecule has 5 heteroatoms. The predicted octanol–water partition coefficient (Wildman–Crippen LogP) is 1.81. The summed E-state index contributed by atoms with van der Waals surface area (Å²) < 4.78 is 13.5. The molecule has 0 radical (unpaired) electrons. The Bertz CT molecular complexity index is 371. The highest BCUT2D eigenvalue weighted by atomic mass is 79.9. The third-order valence-electron chi connectivity index (χ3n) is 2.14. The van der Waals surface area contributed by atoms with Crippen molar-refractivity contribution >= 4 is 21.8 Å². The van der Waals surface area contributed by atoms with Crippen LogP contribution in [0.15, 0.2) is 22.7 Å². The van der Waals surface area contributed by atoms with E-state index in [0.717, 1.165) is 10.0 Å². The van der Waals surface area contributed by atoms with E-state index >= 15 is 0 Å². The van der Waals surface area contributed by atoms with Crippen molar-refractivity contribution in [1.29, 1.82) is 0 Å². The van der Waals surface area contributed by atoms with Crippen LogP contribution in [-0.4, -0.2) is 19.5 Å². The van der Waals surface area contributed by atoms with E-state index in [0.29, 0.717) is 19.5 Å². The number of amides is 1. The molecule has 0 spiro atoms. The van der Waals surface area contributed by atoms with Gasteiger partial charge in [-0.15, -0.1) is 0 Å². The van der Waals surface area contributed by atoms with Crippen LogP contribution in [0.25, 0.3) is 0 Å². The molecule has 2 N–H and O–H groups in total. The monoisotopic (exact) mass is 288 g/mol. The van der Waals surface area contributed by atoms with Crippen molar-refractivity contribution in [2.75, 3.05) is 13.6 Å². The van der Waals surface area contributed by atoms with Gasteiger partial charge >= 0.3 is 0 Å². The van der Waals surface area contributed by atoms with E-state index in [-0.39, 0.29) is 11.7 Å². The molecule has 3 nitrogen and oxygen atoms in total. The third-order valence-corrected chi connectivity index (χ3v) is 2.88. The predicted molar refractivity (Wildman–Crippen MR) is 64.5 cm³/mol. The zero-order valence-corrected chi connectivity index (χ0v) is 10.6. The van der Waals surface area contributed by atoms with Crippen molar-refractivity contribution in [2.24, 2.45) is 0 Å². The first kappa shape index (κ1) is 13.1. The third kappa shape index (κ3) is 4.28. The Labute approximate surface area is 103 Å². The van der Waals surface area contributed by atoms with Gasteiger partial charge in [0.05, 0.1) is 0 Å². The van der Waals surface area contributed by atoms with Gasteiger partial charge < -0.3 is 10.6 Å². The number of nitrogens with one attached hydrogen (secondary N) is 2. The minimum Gasteiger partial charge on any atom is -0.359 e. The summed E-state index contributed by atoms with van der Waals surface area (Å²) in [5, 5.41) is 5.66. The lowest BCUT2D eigenvalue weighted by molar-refractivity contribution is -0.120. The van der Waals surface area contributed by atoms with Crippen molar-refractivity contribution in [3.63, 3.8) is 0 Å². The smallest absolute Gasteiger partial charge is 0.221 e. The fourth-order valence-electron chi connectivity index (χ4n) is 1.22. The van der Waals surface area contributed by atoms with Gasteiger partial charge in [-0.3, -0.25) is 4.79 Å². The molecule has 0 saturated heterocycles. The lowest BCUT2D eigenvalue weighted by atomic mass is 10.2. The first-order valence-electron chi connectivity index (χ1n) is 4.98. The molecule has 1 amide bonds. The second-order valence-electron chi connectivity index (χ2n) is 3.34. The highest BCUT2D eigenvalue weighted by molar-refractivity contribution is 9.10. The number of rotatable bonds is 5. The SMILES string of the molecule is CNC(=O)CCNCc1ccc(F)cc1Br. The minimum absolute atomic E-state index is 0.00525. The number of carbonyl (C=O) groups excluding carboxylic acids is 1. The molecule has 0 heterocycles. The van der Waals surface area contributed by atoms with E-state index in [2.05, 4.69) is 26.6 Å². The Morgan fingerprint density at radius 1 is 1.50 bits per heavy atom. The van der Waals surface area contributed by atoms with Gasteiger partial charge in [-0.25, -0.2) is 4.39 Å². The Balaban J connectivity index is 2.35. The van der Waals surface area contributed by atoms with Gasteiger partial charge in [0, 0.05) is 31.0 Å². The maximum Gasteiger partial charge on any atom is 0.221 e. The highest BCUT2D eigenvalue weighted by Crippen LogP contribution is 2.17. The van der Waals surface area contributed by atoms with Gasteiger partial charge in [0.15, 0.2) is 0 Å².